The van der Waals surface area contributed by atoms with E-state index in [0.717, 1.165) is 26.6 Å². The van der Waals surface area contributed by atoms with Crippen LogP contribution in [-0.2, 0) is 0 Å². The zero-order chi connectivity index (χ0) is 13.1. The van der Waals surface area contributed by atoms with Crippen LogP contribution in [0.2, 0.25) is 5.02 Å². The number of hydrogen-bond acceptors (Lipinski definition) is 4. The minimum absolute atomic E-state index is 0.226. The van der Waals surface area contributed by atoms with Gasteiger partial charge in [-0.3, -0.25) is 0 Å². The quantitative estimate of drug-likeness (QED) is 0.897. The number of hydrogen-bond donors (Lipinski definition) is 1. The van der Waals surface area contributed by atoms with Crippen LogP contribution < -0.4 is 5.32 Å². The molecule has 2 aromatic rings. The van der Waals surface area contributed by atoms with Gasteiger partial charge in [-0.05, 0) is 31.7 Å². The van der Waals surface area contributed by atoms with Crippen LogP contribution in [0.25, 0.3) is 10.6 Å². The van der Waals surface area contributed by atoms with Crippen molar-refractivity contribution in [1.82, 2.24) is 15.5 Å². The fourth-order valence-corrected chi connectivity index (χ4v) is 3.31. The van der Waals surface area contributed by atoms with E-state index in [1.54, 1.807) is 11.3 Å². The van der Waals surface area contributed by atoms with E-state index >= 15 is 0 Å². The topological polar surface area (TPSA) is 37.8 Å². The minimum atomic E-state index is 0.226. The lowest BCUT2D eigenvalue weighted by Gasteiger charge is -2.06. The Morgan fingerprint density at radius 1 is 1.39 bits per heavy atom. The molecule has 1 aromatic carbocycles. The average Bonchev–Trinajstić information content (AvgIpc) is 2.77. The lowest BCUT2D eigenvalue weighted by molar-refractivity contribution is 0.590. The number of benzene rings is 1. The molecule has 6 heteroatoms. The van der Waals surface area contributed by atoms with Gasteiger partial charge in [0.15, 0.2) is 0 Å². The largest absolute Gasteiger partial charge is 0.308 e. The molecule has 0 spiro atoms. The fourth-order valence-electron chi connectivity index (χ4n) is 1.60. The predicted molar refractivity (Wildman–Crippen MR) is 80.1 cm³/mol. The molecule has 0 fully saturated rings. The van der Waals surface area contributed by atoms with Gasteiger partial charge in [0.1, 0.15) is 10.0 Å². The van der Waals surface area contributed by atoms with Gasteiger partial charge in [0.2, 0.25) is 0 Å². The van der Waals surface area contributed by atoms with Crippen molar-refractivity contribution in [3.05, 3.63) is 32.7 Å². The molecular weight excluding hydrogens is 334 g/mol. The Labute approximate surface area is 124 Å². The first-order chi connectivity index (χ1) is 8.60. The first-order valence-corrected chi connectivity index (χ1v) is 7.62. The van der Waals surface area contributed by atoms with Gasteiger partial charge in [-0.1, -0.05) is 45.8 Å². The molecule has 2 rings (SSSR count). The Bertz CT molecular complexity index is 524. The maximum absolute atomic E-state index is 6.03. The van der Waals surface area contributed by atoms with Crippen LogP contribution in [0.1, 0.15) is 24.9 Å². The molecule has 1 heterocycles. The second kappa shape index (κ2) is 6.10. The summed E-state index contributed by atoms with van der Waals surface area (Å²) in [5.41, 5.74) is 0.988. The Balaban J connectivity index is 2.29. The van der Waals surface area contributed by atoms with Crippen LogP contribution in [0.15, 0.2) is 22.7 Å². The van der Waals surface area contributed by atoms with Crippen LogP contribution in [0.3, 0.4) is 0 Å². The van der Waals surface area contributed by atoms with Crippen molar-refractivity contribution in [2.45, 2.75) is 19.9 Å². The molecule has 1 atom stereocenters. The Hall–Kier alpha value is -0.490. The summed E-state index contributed by atoms with van der Waals surface area (Å²) in [6.07, 6.45) is 0. The first-order valence-electron chi connectivity index (χ1n) is 5.63. The van der Waals surface area contributed by atoms with Gasteiger partial charge < -0.3 is 5.32 Å². The van der Waals surface area contributed by atoms with Gasteiger partial charge in [0.25, 0.3) is 0 Å². The van der Waals surface area contributed by atoms with E-state index in [-0.39, 0.29) is 6.04 Å². The predicted octanol–water partition coefficient (Wildman–Crippen LogP) is 4.29. The van der Waals surface area contributed by atoms with E-state index in [9.17, 15) is 0 Å². The molecule has 0 aliphatic rings. The fraction of sp³-hybridized carbons (Fsp3) is 0.333. The summed E-state index contributed by atoms with van der Waals surface area (Å²) in [6, 6.07) is 5.97. The van der Waals surface area contributed by atoms with Crippen molar-refractivity contribution < 1.29 is 0 Å². The smallest absolute Gasteiger partial charge is 0.147 e. The lowest BCUT2D eigenvalue weighted by Crippen LogP contribution is -2.17. The maximum atomic E-state index is 6.03. The van der Waals surface area contributed by atoms with Crippen LogP contribution >= 0.6 is 38.9 Å². The zero-order valence-electron chi connectivity index (χ0n) is 10.1. The summed E-state index contributed by atoms with van der Waals surface area (Å²) in [5, 5.41) is 14.3. The van der Waals surface area contributed by atoms with Gasteiger partial charge >= 0.3 is 0 Å². The molecule has 0 saturated heterocycles. The number of rotatable bonds is 4. The van der Waals surface area contributed by atoms with E-state index in [2.05, 4.69) is 45.3 Å². The van der Waals surface area contributed by atoms with Crippen molar-refractivity contribution in [3.8, 4) is 10.6 Å². The molecule has 0 bridgehead atoms. The third kappa shape index (κ3) is 3.29. The summed E-state index contributed by atoms with van der Waals surface area (Å²) in [6.45, 7) is 5.08. The summed E-state index contributed by atoms with van der Waals surface area (Å²) >= 11 is 11.1. The Kier molecular flexibility index (Phi) is 4.72. The van der Waals surface area contributed by atoms with Crippen molar-refractivity contribution in [2.75, 3.05) is 6.54 Å². The highest BCUT2D eigenvalue weighted by Gasteiger charge is 2.12. The third-order valence-electron chi connectivity index (χ3n) is 2.43. The van der Waals surface area contributed by atoms with Gasteiger partial charge in [-0.2, -0.15) is 0 Å². The monoisotopic (exact) mass is 345 g/mol. The first kappa shape index (κ1) is 13.9. The molecule has 0 aliphatic carbocycles. The molecule has 96 valence electrons. The third-order valence-corrected chi connectivity index (χ3v) is 4.26. The molecule has 3 nitrogen and oxygen atoms in total. The second-order valence-corrected chi connectivity index (χ2v) is 6.24. The number of nitrogens with one attached hydrogen (secondary N) is 1. The normalized spacial score (nSPS) is 12.7. The summed E-state index contributed by atoms with van der Waals surface area (Å²) in [7, 11) is 0. The lowest BCUT2D eigenvalue weighted by atomic mass is 10.2. The maximum Gasteiger partial charge on any atom is 0.147 e. The van der Waals surface area contributed by atoms with Crippen molar-refractivity contribution in [3.63, 3.8) is 0 Å². The summed E-state index contributed by atoms with van der Waals surface area (Å²) < 4.78 is 0.946. The van der Waals surface area contributed by atoms with Gasteiger partial charge in [0.05, 0.1) is 6.04 Å². The van der Waals surface area contributed by atoms with Crippen LogP contribution in [0.4, 0.5) is 0 Å². The van der Waals surface area contributed by atoms with E-state index in [0.29, 0.717) is 5.02 Å². The standard InChI is InChI=1S/C12H13BrClN3S/c1-3-15-7(2)11-16-17-12(18-11)8-4-9(13)6-10(14)5-8/h4-7,15H,3H2,1-2H3. The molecule has 1 unspecified atom stereocenters. The average molecular weight is 347 g/mol. The highest BCUT2D eigenvalue weighted by molar-refractivity contribution is 9.10. The Morgan fingerprint density at radius 3 is 2.83 bits per heavy atom. The zero-order valence-corrected chi connectivity index (χ0v) is 13.2. The van der Waals surface area contributed by atoms with E-state index in [1.165, 1.54) is 0 Å². The molecular formula is C12H13BrClN3S. The molecule has 1 aromatic heterocycles. The van der Waals surface area contributed by atoms with Crippen molar-refractivity contribution in [1.29, 1.82) is 0 Å². The SMILES string of the molecule is CCNC(C)c1nnc(-c2cc(Cl)cc(Br)c2)s1. The van der Waals surface area contributed by atoms with Crippen molar-refractivity contribution in [2.24, 2.45) is 0 Å². The highest BCUT2D eigenvalue weighted by atomic mass is 79.9. The van der Waals surface area contributed by atoms with Crippen LogP contribution in [-0.4, -0.2) is 16.7 Å². The number of nitrogens with zero attached hydrogens (tertiary/aromatic N) is 2. The highest BCUT2D eigenvalue weighted by Crippen LogP contribution is 2.30. The Morgan fingerprint density at radius 2 is 2.17 bits per heavy atom. The summed E-state index contributed by atoms with van der Waals surface area (Å²) in [4.78, 5) is 0. The minimum Gasteiger partial charge on any atom is -0.308 e. The molecule has 0 amide bonds. The second-order valence-electron chi connectivity index (χ2n) is 3.88. The van der Waals surface area contributed by atoms with Crippen molar-refractivity contribution >= 4 is 38.9 Å². The van der Waals surface area contributed by atoms with Gasteiger partial charge in [-0.15, -0.1) is 10.2 Å². The van der Waals surface area contributed by atoms with Crippen LogP contribution in [0.5, 0.6) is 0 Å². The number of halogens is 2. The molecule has 0 aliphatic heterocycles. The van der Waals surface area contributed by atoms with Gasteiger partial charge in [-0.25, -0.2) is 0 Å². The summed E-state index contributed by atoms with van der Waals surface area (Å²) in [5.74, 6) is 0. The van der Waals surface area contributed by atoms with E-state index in [4.69, 9.17) is 11.6 Å². The van der Waals surface area contributed by atoms with E-state index in [1.807, 2.05) is 18.2 Å². The molecule has 18 heavy (non-hydrogen) atoms. The van der Waals surface area contributed by atoms with E-state index < -0.39 is 0 Å². The molecule has 0 radical (unpaired) electrons. The van der Waals surface area contributed by atoms with Crippen LogP contribution in [0, 0.1) is 0 Å². The molecule has 1 N–H and O–H groups in total. The van der Waals surface area contributed by atoms with Gasteiger partial charge in [0, 0.05) is 15.1 Å². The number of aromatic nitrogens is 2. The molecule has 0 saturated carbocycles.